The third kappa shape index (κ3) is 4.66. The fraction of sp³-hybridized carbons (Fsp3) is 0.154. The number of hydrogen-bond donors (Lipinski definition) is 2. The van der Waals surface area contributed by atoms with Gasteiger partial charge < -0.3 is 5.11 Å². The molecular formula is C26H22N6O3S2. The highest BCUT2D eigenvalue weighted by molar-refractivity contribution is 7.15. The lowest BCUT2D eigenvalue weighted by Gasteiger charge is -2.16. The molecule has 9 nitrogen and oxygen atoms in total. The minimum atomic E-state index is -1.17. The van der Waals surface area contributed by atoms with E-state index in [1.807, 2.05) is 66.0 Å². The number of rotatable bonds is 7. The molecule has 2 N–H and O–H groups in total. The lowest BCUT2D eigenvalue weighted by molar-refractivity contribution is -0.142. The summed E-state index contributed by atoms with van der Waals surface area (Å²) in [5, 5.41) is 23.9. The topological polar surface area (TPSA) is 126 Å². The van der Waals surface area contributed by atoms with E-state index in [0.29, 0.717) is 16.5 Å². The molecule has 186 valence electrons. The Bertz CT molecular complexity index is 1660. The fourth-order valence-corrected chi connectivity index (χ4v) is 5.45. The second kappa shape index (κ2) is 9.68. The van der Waals surface area contributed by atoms with Crippen molar-refractivity contribution in [3.63, 3.8) is 0 Å². The number of aromatic amines is 1. The van der Waals surface area contributed by atoms with Crippen LogP contribution in [0, 0.1) is 6.92 Å². The van der Waals surface area contributed by atoms with E-state index in [2.05, 4.69) is 25.3 Å². The van der Waals surface area contributed by atoms with Crippen LogP contribution in [0.5, 0.6) is 0 Å². The van der Waals surface area contributed by atoms with Crippen LogP contribution >= 0.6 is 22.7 Å². The molecule has 0 atom stereocenters. The van der Waals surface area contributed by atoms with Gasteiger partial charge in [-0.3, -0.25) is 14.7 Å². The number of aryl methyl sites for hydroxylation is 1. The predicted molar refractivity (Wildman–Crippen MR) is 145 cm³/mol. The number of nitrogens with one attached hydrogen (secondary N) is 1. The molecule has 0 aliphatic heterocycles. The van der Waals surface area contributed by atoms with E-state index in [0.717, 1.165) is 21.7 Å². The number of benzene rings is 2. The average Bonchev–Trinajstić information content (AvgIpc) is 3.61. The molecule has 0 saturated heterocycles. The molecule has 5 aromatic rings. The van der Waals surface area contributed by atoms with Gasteiger partial charge in [0.15, 0.2) is 5.69 Å². The molecule has 0 aliphatic rings. The summed E-state index contributed by atoms with van der Waals surface area (Å²) in [6, 6.07) is 19.1. The monoisotopic (exact) mass is 530 g/mol. The Morgan fingerprint density at radius 2 is 1.65 bits per heavy atom. The molecule has 0 amide bonds. The van der Waals surface area contributed by atoms with Crippen molar-refractivity contribution in [1.82, 2.24) is 19.7 Å². The molecule has 0 spiro atoms. The van der Waals surface area contributed by atoms with Crippen molar-refractivity contribution in [3.05, 3.63) is 87.0 Å². The van der Waals surface area contributed by atoms with E-state index in [1.54, 1.807) is 20.8 Å². The zero-order chi connectivity index (χ0) is 26.2. The quantitative estimate of drug-likeness (QED) is 0.232. The number of thiazole rings is 2. The van der Waals surface area contributed by atoms with Crippen molar-refractivity contribution in [2.45, 2.75) is 26.2 Å². The molecule has 0 radical (unpaired) electrons. The van der Waals surface area contributed by atoms with E-state index >= 15 is 0 Å². The van der Waals surface area contributed by atoms with Gasteiger partial charge in [-0.05, 0) is 20.8 Å². The van der Waals surface area contributed by atoms with Gasteiger partial charge in [0.2, 0.25) is 10.3 Å². The first-order chi connectivity index (χ1) is 17.8. The summed E-state index contributed by atoms with van der Waals surface area (Å²) < 4.78 is 1.36. The molecule has 5 rings (SSSR count). The van der Waals surface area contributed by atoms with Crippen molar-refractivity contribution in [3.8, 4) is 27.6 Å². The molecule has 0 fully saturated rings. The summed E-state index contributed by atoms with van der Waals surface area (Å²) in [4.78, 5) is 35.0. The van der Waals surface area contributed by atoms with E-state index in [9.17, 15) is 14.7 Å². The number of aromatic nitrogens is 4. The van der Waals surface area contributed by atoms with Crippen LogP contribution in [-0.2, 0) is 10.2 Å². The molecule has 0 saturated carbocycles. The number of azo groups is 1. The number of carbonyl (C=O) groups is 1. The van der Waals surface area contributed by atoms with Crippen LogP contribution in [0.1, 0.15) is 24.4 Å². The summed E-state index contributed by atoms with van der Waals surface area (Å²) in [6.45, 7) is 4.98. The van der Waals surface area contributed by atoms with Crippen LogP contribution in [0.3, 0.4) is 0 Å². The van der Waals surface area contributed by atoms with Gasteiger partial charge in [-0.15, -0.1) is 21.6 Å². The van der Waals surface area contributed by atoms with Crippen LogP contribution in [0.25, 0.3) is 27.6 Å². The second-order valence-corrected chi connectivity index (χ2v) is 10.8. The van der Waals surface area contributed by atoms with Crippen molar-refractivity contribution < 1.29 is 9.90 Å². The summed E-state index contributed by atoms with van der Waals surface area (Å²) >= 11 is 2.56. The van der Waals surface area contributed by atoms with E-state index in [4.69, 9.17) is 0 Å². The molecule has 2 aromatic carbocycles. The van der Waals surface area contributed by atoms with Crippen LogP contribution in [0.15, 0.2) is 81.1 Å². The largest absolute Gasteiger partial charge is 0.481 e. The maximum Gasteiger partial charge on any atom is 0.315 e. The van der Waals surface area contributed by atoms with Crippen LogP contribution in [-0.4, -0.2) is 30.8 Å². The average molecular weight is 531 g/mol. The highest BCUT2D eigenvalue weighted by Crippen LogP contribution is 2.35. The second-order valence-electron chi connectivity index (χ2n) is 8.75. The Kier molecular flexibility index (Phi) is 6.40. The van der Waals surface area contributed by atoms with Crippen LogP contribution in [0.4, 0.5) is 10.8 Å². The Labute approximate surface area is 219 Å². The van der Waals surface area contributed by atoms with Gasteiger partial charge >= 0.3 is 11.5 Å². The van der Waals surface area contributed by atoms with E-state index in [-0.39, 0.29) is 10.8 Å². The highest BCUT2D eigenvalue weighted by atomic mass is 32.1. The Morgan fingerprint density at radius 1 is 1.00 bits per heavy atom. The standard InChI is InChI=1S/C26H22N6O3S2/c1-15-21(26(2,3)23(34)35)28-24(37-15)30-29-20-19(17-12-8-5-9-13-17)31-32(22(20)33)25-27-18(14-36-25)16-10-6-4-7-11-16/h4-14,31H,1-3H3,(H,34,35). The lowest BCUT2D eigenvalue weighted by Crippen LogP contribution is -2.29. The molecule has 0 unspecified atom stereocenters. The Hall–Kier alpha value is -4.22. The fourth-order valence-electron chi connectivity index (χ4n) is 3.77. The van der Waals surface area contributed by atoms with Crippen LogP contribution < -0.4 is 5.56 Å². The lowest BCUT2D eigenvalue weighted by atomic mass is 9.89. The zero-order valence-electron chi connectivity index (χ0n) is 20.2. The predicted octanol–water partition coefficient (Wildman–Crippen LogP) is 6.50. The van der Waals surface area contributed by atoms with E-state index in [1.165, 1.54) is 27.4 Å². The number of hydrogen-bond acceptors (Lipinski definition) is 8. The Morgan fingerprint density at radius 3 is 2.30 bits per heavy atom. The number of nitrogens with zero attached hydrogens (tertiary/aromatic N) is 5. The van der Waals surface area contributed by atoms with Crippen LogP contribution in [0.2, 0.25) is 0 Å². The number of H-pyrrole nitrogens is 1. The number of aliphatic carboxylic acids is 1. The van der Waals surface area contributed by atoms with Gasteiger partial charge in [-0.1, -0.05) is 72.0 Å². The smallest absolute Gasteiger partial charge is 0.315 e. The van der Waals surface area contributed by atoms with Gasteiger partial charge in [-0.25, -0.2) is 9.97 Å². The first-order valence-electron chi connectivity index (χ1n) is 11.3. The van der Waals surface area contributed by atoms with Crippen molar-refractivity contribution in [2.24, 2.45) is 10.2 Å². The molecule has 37 heavy (non-hydrogen) atoms. The highest BCUT2D eigenvalue weighted by Gasteiger charge is 2.34. The minimum absolute atomic E-state index is 0.106. The molecule has 11 heteroatoms. The number of carboxylic acids is 1. The molecule has 3 heterocycles. The van der Waals surface area contributed by atoms with Gasteiger partial charge in [0.05, 0.1) is 17.1 Å². The van der Waals surface area contributed by atoms with Crippen molar-refractivity contribution in [2.75, 3.05) is 0 Å². The summed E-state index contributed by atoms with van der Waals surface area (Å²) in [5.41, 5.74) is 1.91. The third-order valence-electron chi connectivity index (χ3n) is 5.83. The summed E-state index contributed by atoms with van der Waals surface area (Å²) in [5.74, 6) is -0.984. The van der Waals surface area contributed by atoms with Gasteiger partial charge in [0, 0.05) is 21.4 Å². The third-order valence-corrected chi connectivity index (χ3v) is 7.51. The van der Waals surface area contributed by atoms with Gasteiger partial charge in [-0.2, -0.15) is 4.68 Å². The van der Waals surface area contributed by atoms with Gasteiger partial charge in [0.25, 0.3) is 0 Å². The first-order valence-corrected chi connectivity index (χ1v) is 13.0. The first kappa shape index (κ1) is 24.5. The van der Waals surface area contributed by atoms with Gasteiger partial charge in [0.1, 0.15) is 5.41 Å². The van der Waals surface area contributed by atoms with Crippen molar-refractivity contribution in [1.29, 1.82) is 0 Å². The summed E-state index contributed by atoms with van der Waals surface area (Å²) in [7, 11) is 0. The summed E-state index contributed by atoms with van der Waals surface area (Å²) in [6.07, 6.45) is 0. The maximum atomic E-state index is 13.5. The molecular weight excluding hydrogens is 508 g/mol. The molecule has 0 aliphatic carbocycles. The maximum absolute atomic E-state index is 13.5. The Balaban J connectivity index is 1.57. The minimum Gasteiger partial charge on any atom is -0.481 e. The number of carboxylic acid groups (broad SMARTS) is 1. The van der Waals surface area contributed by atoms with E-state index < -0.39 is 16.9 Å². The zero-order valence-corrected chi connectivity index (χ0v) is 21.8. The van der Waals surface area contributed by atoms with Crippen molar-refractivity contribution >= 4 is 39.5 Å². The molecule has 0 bridgehead atoms. The molecule has 3 aromatic heterocycles. The normalized spacial score (nSPS) is 11.9. The SMILES string of the molecule is Cc1sc(N=Nc2c(-c3ccccc3)[nH]n(-c3nc(-c4ccccc4)cs3)c2=O)nc1C(C)(C)C(=O)O.